The quantitative estimate of drug-likeness (QED) is 0.466. The van der Waals surface area contributed by atoms with E-state index < -0.39 is 0 Å². The van der Waals surface area contributed by atoms with Gasteiger partial charge >= 0.3 is 5.69 Å². The van der Waals surface area contributed by atoms with Crippen LogP contribution in [0.5, 0.6) is 0 Å². The predicted octanol–water partition coefficient (Wildman–Crippen LogP) is 3.61. The maximum absolute atomic E-state index is 12.7. The molecule has 27 heavy (non-hydrogen) atoms. The Morgan fingerprint density at radius 1 is 1.30 bits per heavy atom. The summed E-state index contributed by atoms with van der Waals surface area (Å²) >= 11 is 4.52. The molecule has 7 nitrogen and oxygen atoms in total. The highest BCUT2D eigenvalue weighted by Gasteiger charge is 2.15. The number of hydrogen-bond acceptors (Lipinski definition) is 7. The van der Waals surface area contributed by atoms with Crippen LogP contribution >= 0.6 is 34.4 Å². The van der Waals surface area contributed by atoms with E-state index in [0.29, 0.717) is 28.7 Å². The van der Waals surface area contributed by atoms with E-state index in [0.717, 1.165) is 21.7 Å². The summed E-state index contributed by atoms with van der Waals surface area (Å²) in [7, 11) is 0. The number of nitrogens with one attached hydrogen (secondary N) is 2. The van der Waals surface area contributed by atoms with Gasteiger partial charge in [-0.1, -0.05) is 18.7 Å². The Morgan fingerprint density at radius 3 is 2.89 bits per heavy atom. The van der Waals surface area contributed by atoms with Crippen molar-refractivity contribution in [2.75, 3.05) is 0 Å². The monoisotopic (exact) mass is 419 g/mol. The van der Waals surface area contributed by atoms with E-state index in [4.69, 9.17) is 0 Å². The number of aryl methyl sites for hydroxylation is 1. The lowest BCUT2D eigenvalue weighted by atomic mass is 10.2. The normalized spacial score (nSPS) is 11.5. The first-order valence-corrected chi connectivity index (χ1v) is 11.1. The van der Waals surface area contributed by atoms with E-state index in [-0.39, 0.29) is 11.2 Å². The fraction of sp³-hybridized carbons (Fsp3) is 0.294. The third-order valence-corrected chi connectivity index (χ3v) is 6.90. The van der Waals surface area contributed by atoms with Crippen LogP contribution in [0.4, 0.5) is 0 Å². The van der Waals surface area contributed by atoms with Gasteiger partial charge in [0.15, 0.2) is 5.16 Å². The van der Waals surface area contributed by atoms with Gasteiger partial charge in [0.25, 0.3) is 5.56 Å². The summed E-state index contributed by atoms with van der Waals surface area (Å²) in [4.78, 5) is 34.9. The molecule has 0 amide bonds. The number of fused-ring (bicyclic) bond motifs is 1. The molecule has 4 rings (SSSR count). The second kappa shape index (κ2) is 7.45. The van der Waals surface area contributed by atoms with Crippen LogP contribution in [-0.4, -0.2) is 24.7 Å². The Balaban J connectivity index is 1.63. The fourth-order valence-electron chi connectivity index (χ4n) is 2.79. The smallest absolute Gasteiger partial charge is 0.309 e. The Labute approximate surface area is 166 Å². The molecule has 0 aliphatic rings. The number of hydrogen-bond donors (Lipinski definition) is 2. The first kappa shape index (κ1) is 18.2. The van der Waals surface area contributed by atoms with Crippen molar-refractivity contribution in [1.29, 1.82) is 0 Å². The molecule has 4 aromatic heterocycles. The minimum absolute atomic E-state index is 0.133. The Bertz CT molecular complexity index is 1210. The lowest BCUT2D eigenvalue weighted by molar-refractivity contribution is 0.603. The Morgan fingerprint density at radius 2 is 2.15 bits per heavy atom. The molecule has 2 N–H and O–H groups in total. The molecular formula is C17H17N5O2S3. The second-order valence-corrected chi connectivity index (χ2v) is 9.09. The summed E-state index contributed by atoms with van der Waals surface area (Å²) in [6.45, 7) is 4.66. The van der Waals surface area contributed by atoms with Crippen LogP contribution in [0.2, 0.25) is 0 Å². The molecule has 0 saturated heterocycles. The molecule has 4 aromatic rings. The summed E-state index contributed by atoms with van der Waals surface area (Å²) in [5.41, 5.74) is 0.585. The van der Waals surface area contributed by atoms with Crippen molar-refractivity contribution >= 4 is 44.7 Å². The van der Waals surface area contributed by atoms with Gasteiger partial charge in [-0.2, -0.15) is 0 Å². The number of rotatable bonds is 6. The van der Waals surface area contributed by atoms with Crippen molar-refractivity contribution in [3.05, 3.63) is 49.1 Å². The minimum atomic E-state index is -0.217. The van der Waals surface area contributed by atoms with E-state index in [1.807, 2.05) is 25.3 Å². The molecule has 0 unspecified atom stereocenters. The van der Waals surface area contributed by atoms with Crippen molar-refractivity contribution < 1.29 is 0 Å². The minimum Gasteiger partial charge on any atom is -0.309 e. The average molecular weight is 420 g/mol. The van der Waals surface area contributed by atoms with Crippen molar-refractivity contribution in [3.63, 3.8) is 0 Å². The predicted molar refractivity (Wildman–Crippen MR) is 111 cm³/mol. The largest absolute Gasteiger partial charge is 0.343 e. The molecule has 140 valence electrons. The van der Waals surface area contributed by atoms with Gasteiger partial charge in [0.05, 0.1) is 11.1 Å². The third-order valence-electron chi connectivity index (χ3n) is 4.01. The molecule has 0 atom stereocenters. The summed E-state index contributed by atoms with van der Waals surface area (Å²) in [5.74, 6) is 1.01. The Kier molecular flexibility index (Phi) is 5.02. The van der Waals surface area contributed by atoms with Gasteiger partial charge < -0.3 is 4.98 Å². The molecule has 0 aliphatic heterocycles. The van der Waals surface area contributed by atoms with Crippen molar-refractivity contribution in [1.82, 2.24) is 24.7 Å². The molecule has 0 spiro atoms. The van der Waals surface area contributed by atoms with Gasteiger partial charge in [0, 0.05) is 27.2 Å². The standard InChI is InChI=1S/C17H17N5O2S3/c1-3-6-22-16(24)20-21-17(22)26-8-12-18-14(23)13-10(7-25-15(13)19-12)11-5-4-9(2)27-11/h4-5,7H,3,6,8H2,1-2H3,(H,20,24)(H,18,19,23). The lowest BCUT2D eigenvalue weighted by Crippen LogP contribution is -2.17. The maximum atomic E-state index is 12.7. The number of aromatic amines is 2. The average Bonchev–Trinajstić information content (AvgIpc) is 3.34. The van der Waals surface area contributed by atoms with E-state index >= 15 is 0 Å². The van der Waals surface area contributed by atoms with Gasteiger partial charge in [-0.25, -0.2) is 14.9 Å². The molecule has 0 aliphatic carbocycles. The SMILES string of the molecule is CCCn1c(SCc2nc3scc(-c4ccc(C)s4)c3c(=O)[nH]2)n[nH]c1=O. The van der Waals surface area contributed by atoms with Crippen LogP contribution in [0.15, 0.2) is 32.3 Å². The van der Waals surface area contributed by atoms with Crippen LogP contribution in [-0.2, 0) is 12.3 Å². The highest BCUT2D eigenvalue weighted by molar-refractivity contribution is 7.98. The number of nitrogens with zero attached hydrogens (tertiary/aromatic N) is 3. The van der Waals surface area contributed by atoms with Crippen LogP contribution < -0.4 is 11.2 Å². The number of thioether (sulfide) groups is 1. The molecule has 4 heterocycles. The number of aromatic nitrogens is 5. The summed E-state index contributed by atoms with van der Waals surface area (Å²) < 4.78 is 1.60. The van der Waals surface area contributed by atoms with Gasteiger partial charge in [-0.3, -0.25) is 9.36 Å². The van der Waals surface area contributed by atoms with Gasteiger partial charge in [0.2, 0.25) is 0 Å². The lowest BCUT2D eigenvalue weighted by Gasteiger charge is -2.04. The molecule has 0 saturated carbocycles. The fourth-order valence-corrected chi connectivity index (χ4v) is 5.55. The third kappa shape index (κ3) is 3.52. The maximum Gasteiger partial charge on any atom is 0.343 e. The van der Waals surface area contributed by atoms with E-state index in [1.54, 1.807) is 15.9 Å². The van der Waals surface area contributed by atoms with Crippen LogP contribution in [0.25, 0.3) is 20.7 Å². The molecular weight excluding hydrogens is 402 g/mol. The topological polar surface area (TPSA) is 96.4 Å². The first-order chi connectivity index (χ1) is 13.1. The number of thiophene rings is 2. The zero-order valence-corrected chi connectivity index (χ0v) is 17.2. The van der Waals surface area contributed by atoms with Crippen molar-refractivity contribution in [2.24, 2.45) is 0 Å². The van der Waals surface area contributed by atoms with Crippen molar-refractivity contribution in [3.8, 4) is 10.4 Å². The highest BCUT2D eigenvalue weighted by Crippen LogP contribution is 2.35. The molecule has 10 heteroatoms. The summed E-state index contributed by atoms with van der Waals surface area (Å²) in [6.07, 6.45) is 0.841. The van der Waals surface area contributed by atoms with E-state index in [9.17, 15) is 9.59 Å². The second-order valence-electron chi connectivity index (χ2n) is 6.00. The number of H-pyrrole nitrogens is 2. The summed E-state index contributed by atoms with van der Waals surface area (Å²) in [6, 6.07) is 4.09. The van der Waals surface area contributed by atoms with E-state index in [2.05, 4.69) is 26.2 Å². The van der Waals surface area contributed by atoms with Crippen LogP contribution in [0, 0.1) is 6.92 Å². The zero-order chi connectivity index (χ0) is 19.0. The van der Waals surface area contributed by atoms with Crippen LogP contribution in [0.1, 0.15) is 24.0 Å². The molecule has 0 radical (unpaired) electrons. The van der Waals surface area contributed by atoms with Crippen LogP contribution in [0.3, 0.4) is 0 Å². The summed E-state index contributed by atoms with van der Waals surface area (Å²) in [5, 5.41) is 9.75. The molecule has 0 aromatic carbocycles. The van der Waals surface area contributed by atoms with Gasteiger partial charge in [-0.05, 0) is 25.5 Å². The molecule has 0 fully saturated rings. The highest BCUT2D eigenvalue weighted by atomic mass is 32.2. The first-order valence-electron chi connectivity index (χ1n) is 8.42. The van der Waals surface area contributed by atoms with Gasteiger partial charge in [0.1, 0.15) is 10.7 Å². The molecule has 0 bridgehead atoms. The Hall–Kier alpha value is -2.17. The van der Waals surface area contributed by atoms with E-state index in [1.165, 1.54) is 28.0 Å². The van der Waals surface area contributed by atoms with Crippen molar-refractivity contribution in [2.45, 2.75) is 37.7 Å². The zero-order valence-electron chi connectivity index (χ0n) is 14.7. The van der Waals surface area contributed by atoms with Gasteiger partial charge in [-0.15, -0.1) is 27.8 Å².